The van der Waals surface area contributed by atoms with Crippen LogP contribution in [0.1, 0.15) is 29.0 Å². The van der Waals surface area contributed by atoms with Gasteiger partial charge >= 0.3 is 0 Å². The maximum atomic E-state index is 12.7. The molecule has 1 aromatic carbocycles. The van der Waals surface area contributed by atoms with Gasteiger partial charge in [-0.2, -0.15) is 0 Å². The first-order valence-corrected chi connectivity index (χ1v) is 8.06. The molecular weight excluding hydrogens is 320 g/mol. The highest BCUT2D eigenvalue weighted by Gasteiger charge is 2.32. The van der Waals surface area contributed by atoms with E-state index in [1.165, 1.54) is 18.6 Å². The maximum Gasteiger partial charge on any atom is 0.274 e. The molecule has 2 amide bonds. The molecule has 1 fully saturated rings. The van der Waals surface area contributed by atoms with Crippen molar-refractivity contribution in [1.82, 2.24) is 19.8 Å². The minimum Gasteiger partial charge on any atom is -0.497 e. The van der Waals surface area contributed by atoms with Gasteiger partial charge in [0.1, 0.15) is 11.4 Å². The summed E-state index contributed by atoms with van der Waals surface area (Å²) in [4.78, 5) is 36.2. The lowest BCUT2D eigenvalue weighted by Gasteiger charge is -2.41. The lowest BCUT2D eigenvalue weighted by atomic mass is 10.0. The zero-order valence-electron chi connectivity index (χ0n) is 14.3. The van der Waals surface area contributed by atoms with E-state index in [1.54, 1.807) is 23.8 Å². The standard InChI is InChI=1S/C18H20N4O3/c1-13(23)22-10-9-21(18(24)16-11-19-7-8-20-16)12-17(22)14-3-5-15(25-2)6-4-14/h3-8,11,17H,9-10,12H2,1-2H3/t17-/m0/s1. The molecule has 0 saturated carbocycles. The number of benzene rings is 1. The molecule has 1 saturated heterocycles. The van der Waals surface area contributed by atoms with Crippen molar-refractivity contribution >= 4 is 11.8 Å². The van der Waals surface area contributed by atoms with Crippen molar-refractivity contribution in [3.05, 3.63) is 54.1 Å². The fourth-order valence-corrected chi connectivity index (χ4v) is 3.03. The van der Waals surface area contributed by atoms with Crippen LogP contribution in [0.4, 0.5) is 0 Å². The lowest BCUT2D eigenvalue weighted by Crippen LogP contribution is -2.52. The topological polar surface area (TPSA) is 75.6 Å². The summed E-state index contributed by atoms with van der Waals surface area (Å²) in [5.74, 6) is 0.573. The highest BCUT2D eigenvalue weighted by atomic mass is 16.5. The van der Waals surface area contributed by atoms with Gasteiger partial charge in [0.25, 0.3) is 5.91 Å². The summed E-state index contributed by atoms with van der Waals surface area (Å²) in [7, 11) is 1.61. The van der Waals surface area contributed by atoms with E-state index < -0.39 is 0 Å². The van der Waals surface area contributed by atoms with Gasteiger partial charge < -0.3 is 14.5 Å². The van der Waals surface area contributed by atoms with Crippen LogP contribution in [0.2, 0.25) is 0 Å². The Hall–Kier alpha value is -2.96. The fourth-order valence-electron chi connectivity index (χ4n) is 3.03. The van der Waals surface area contributed by atoms with E-state index in [2.05, 4.69) is 9.97 Å². The Morgan fingerprint density at radius 1 is 1.16 bits per heavy atom. The SMILES string of the molecule is COc1ccc([C@@H]2CN(C(=O)c3cnccn3)CCN2C(C)=O)cc1. The summed E-state index contributed by atoms with van der Waals surface area (Å²) in [6, 6.07) is 7.37. The van der Waals surface area contributed by atoms with E-state index in [1.807, 2.05) is 24.3 Å². The summed E-state index contributed by atoms with van der Waals surface area (Å²) >= 11 is 0. The predicted molar refractivity (Wildman–Crippen MR) is 91.1 cm³/mol. The fraction of sp³-hybridized carbons (Fsp3) is 0.333. The first kappa shape index (κ1) is 16.9. The monoisotopic (exact) mass is 340 g/mol. The van der Waals surface area contributed by atoms with Crippen molar-refractivity contribution in [3.63, 3.8) is 0 Å². The first-order chi connectivity index (χ1) is 12.1. The average molecular weight is 340 g/mol. The number of ether oxygens (including phenoxy) is 1. The largest absolute Gasteiger partial charge is 0.497 e. The molecule has 0 unspecified atom stereocenters. The normalized spacial score (nSPS) is 17.3. The Kier molecular flexibility index (Phi) is 4.92. The quantitative estimate of drug-likeness (QED) is 0.847. The molecule has 0 spiro atoms. The van der Waals surface area contributed by atoms with Crippen LogP contribution in [-0.2, 0) is 4.79 Å². The molecule has 25 heavy (non-hydrogen) atoms. The molecule has 1 aliphatic heterocycles. The van der Waals surface area contributed by atoms with Crippen LogP contribution in [-0.4, -0.2) is 58.3 Å². The third-order valence-corrected chi connectivity index (χ3v) is 4.35. The molecule has 2 aromatic rings. The second-order valence-corrected chi connectivity index (χ2v) is 5.84. The van der Waals surface area contributed by atoms with Crippen LogP contribution in [0, 0.1) is 0 Å². The molecule has 1 aliphatic rings. The molecule has 0 N–H and O–H groups in total. The van der Waals surface area contributed by atoms with Crippen LogP contribution >= 0.6 is 0 Å². The number of rotatable bonds is 3. The van der Waals surface area contributed by atoms with Gasteiger partial charge in [0.05, 0.1) is 19.3 Å². The van der Waals surface area contributed by atoms with Crippen molar-refractivity contribution < 1.29 is 14.3 Å². The molecule has 3 rings (SSSR count). The van der Waals surface area contributed by atoms with Gasteiger partial charge in [0.2, 0.25) is 5.91 Å². The second-order valence-electron chi connectivity index (χ2n) is 5.84. The molecule has 0 bridgehead atoms. The Labute approximate surface area is 146 Å². The van der Waals surface area contributed by atoms with Crippen molar-refractivity contribution in [2.45, 2.75) is 13.0 Å². The first-order valence-electron chi connectivity index (χ1n) is 8.06. The molecule has 130 valence electrons. The van der Waals surface area contributed by atoms with Crippen LogP contribution in [0.25, 0.3) is 0 Å². The average Bonchev–Trinajstić information content (AvgIpc) is 2.67. The zero-order chi connectivity index (χ0) is 17.8. The van der Waals surface area contributed by atoms with Crippen LogP contribution in [0.15, 0.2) is 42.9 Å². The minimum atomic E-state index is -0.197. The van der Waals surface area contributed by atoms with Gasteiger partial charge in [-0.05, 0) is 17.7 Å². The van der Waals surface area contributed by atoms with Crippen LogP contribution in [0.3, 0.4) is 0 Å². The van der Waals surface area contributed by atoms with Gasteiger partial charge in [-0.3, -0.25) is 14.6 Å². The van der Waals surface area contributed by atoms with Gasteiger partial charge in [-0.1, -0.05) is 12.1 Å². The van der Waals surface area contributed by atoms with Crippen molar-refractivity contribution in [3.8, 4) is 5.75 Å². The Morgan fingerprint density at radius 3 is 2.52 bits per heavy atom. The number of amides is 2. The predicted octanol–water partition coefficient (Wildman–Crippen LogP) is 1.53. The van der Waals surface area contributed by atoms with E-state index >= 15 is 0 Å². The summed E-state index contributed by atoms with van der Waals surface area (Å²) in [6.45, 7) is 2.93. The summed E-state index contributed by atoms with van der Waals surface area (Å²) < 4.78 is 5.19. The number of piperazine rings is 1. The highest BCUT2D eigenvalue weighted by molar-refractivity contribution is 5.92. The number of hydrogen-bond donors (Lipinski definition) is 0. The van der Waals surface area contributed by atoms with E-state index in [9.17, 15) is 9.59 Å². The second kappa shape index (κ2) is 7.29. The van der Waals surface area contributed by atoms with Crippen LogP contribution < -0.4 is 4.74 Å². The van der Waals surface area contributed by atoms with Gasteiger partial charge in [0.15, 0.2) is 0 Å². The van der Waals surface area contributed by atoms with Crippen molar-refractivity contribution in [2.24, 2.45) is 0 Å². The van der Waals surface area contributed by atoms with Gasteiger partial charge in [-0.25, -0.2) is 4.98 Å². The molecule has 7 nitrogen and oxygen atoms in total. The Bertz CT molecular complexity index is 749. The van der Waals surface area contributed by atoms with E-state index in [0.717, 1.165) is 11.3 Å². The molecule has 0 radical (unpaired) electrons. The highest BCUT2D eigenvalue weighted by Crippen LogP contribution is 2.27. The smallest absolute Gasteiger partial charge is 0.274 e. The molecule has 1 atom stereocenters. The molecule has 1 aromatic heterocycles. The van der Waals surface area contributed by atoms with Gasteiger partial charge in [-0.15, -0.1) is 0 Å². The summed E-state index contributed by atoms with van der Waals surface area (Å²) in [6.07, 6.45) is 4.49. The number of carbonyl (C=O) groups is 2. The zero-order valence-corrected chi connectivity index (χ0v) is 14.3. The molecule has 7 heteroatoms. The number of nitrogens with zero attached hydrogens (tertiary/aromatic N) is 4. The minimum absolute atomic E-state index is 0.00702. The Morgan fingerprint density at radius 2 is 1.92 bits per heavy atom. The van der Waals surface area contributed by atoms with E-state index in [-0.39, 0.29) is 17.9 Å². The lowest BCUT2D eigenvalue weighted by molar-refractivity contribution is -0.133. The summed E-state index contributed by atoms with van der Waals surface area (Å²) in [5, 5.41) is 0. The molecule has 2 heterocycles. The number of methoxy groups -OCH3 is 1. The van der Waals surface area contributed by atoms with Crippen LogP contribution in [0.5, 0.6) is 5.75 Å². The van der Waals surface area contributed by atoms with Crippen molar-refractivity contribution in [2.75, 3.05) is 26.7 Å². The molecular formula is C18H20N4O3. The van der Waals surface area contributed by atoms with Gasteiger partial charge in [0, 0.05) is 39.0 Å². The maximum absolute atomic E-state index is 12.7. The van der Waals surface area contributed by atoms with Crippen molar-refractivity contribution in [1.29, 1.82) is 0 Å². The van der Waals surface area contributed by atoms with E-state index in [4.69, 9.17) is 4.74 Å². The Balaban J connectivity index is 1.84. The number of hydrogen-bond acceptors (Lipinski definition) is 5. The molecule has 0 aliphatic carbocycles. The third kappa shape index (κ3) is 3.60. The van der Waals surface area contributed by atoms with E-state index in [0.29, 0.717) is 25.3 Å². The summed E-state index contributed by atoms with van der Waals surface area (Å²) in [5.41, 5.74) is 1.28. The third-order valence-electron chi connectivity index (χ3n) is 4.35. The number of aromatic nitrogens is 2. The number of carbonyl (C=O) groups excluding carboxylic acids is 2.